The molecule has 1 aliphatic rings. The summed E-state index contributed by atoms with van der Waals surface area (Å²) in [6, 6.07) is 1.67. The quantitative estimate of drug-likeness (QED) is 0.545. The van der Waals surface area contributed by atoms with Crippen molar-refractivity contribution in [2.24, 2.45) is 17.2 Å². The van der Waals surface area contributed by atoms with Crippen LogP contribution in [0.3, 0.4) is 0 Å². The fourth-order valence-corrected chi connectivity index (χ4v) is 2.18. The van der Waals surface area contributed by atoms with Crippen LogP contribution in [0.2, 0.25) is 0 Å². The summed E-state index contributed by atoms with van der Waals surface area (Å²) in [5.41, 5.74) is 3.87. The smallest absolute Gasteiger partial charge is 0.253 e. The molecular weight excluding hydrogens is 228 g/mol. The third-order valence-corrected chi connectivity index (χ3v) is 3.94. The standard InChI is InChI=1S/C13H20N4O/c1-9(2)13(4-5-13)8-16-12(18)10-3-6-15-7-11(10)17-14/h3,6-7,9,17H,4-5,8,14H2,1-2H3,(H,16,18). The highest BCUT2D eigenvalue weighted by Crippen LogP contribution is 2.51. The molecule has 1 saturated carbocycles. The van der Waals surface area contributed by atoms with Crippen LogP contribution in [0.15, 0.2) is 18.5 Å². The molecule has 1 heterocycles. The highest BCUT2D eigenvalue weighted by molar-refractivity contribution is 5.99. The van der Waals surface area contributed by atoms with Gasteiger partial charge in [-0.1, -0.05) is 13.8 Å². The third-order valence-electron chi connectivity index (χ3n) is 3.94. The van der Waals surface area contributed by atoms with Crippen LogP contribution in [0.5, 0.6) is 0 Å². The van der Waals surface area contributed by atoms with Crippen molar-refractivity contribution in [3.63, 3.8) is 0 Å². The summed E-state index contributed by atoms with van der Waals surface area (Å²) in [6.45, 7) is 5.15. The SMILES string of the molecule is CC(C)C1(CNC(=O)c2ccncc2NN)CC1. The van der Waals surface area contributed by atoms with E-state index in [1.807, 2.05) is 0 Å². The van der Waals surface area contributed by atoms with Crippen LogP contribution in [-0.4, -0.2) is 17.4 Å². The number of carbonyl (C=O) groups excluding carboxylic acids is 1. The number of nitrogens with one attached hydrogen (secondary N) is 2. The Kier molecular flexibility index (Phi) is 3.52. The monoisotopic (exact) mass is 248 g/mol. The van der Waals surface area contributed by atoms with Gasteiger partial charge in [-0.15, -0.1) is 0 Å². The molecule has 0 atom stereocenters. The summed E-state index contributed by atoms with van der Waals surface area (Å²) in [6.07, 6.45) is 5.53. The Hall–Kier alpha value is -1.62. The van der Waals surface area contributed by atoms with Crippen LogP contribution in [0.4, 0.5) is 5.69 Å². The van der Waals surface area contributed by atoms with Gasteiger partial charge in [-0.2, -0.15) is 0 Å². The van der Waals surface area contributed by atoms with Crippen molar-refractivity contribution in [1.29, 1.82) is 0 Å². The van der Waals surface area contributed by atoms with Gasteiger partial charge in [-0.05, 0) is 30.2 Å². The van der Waals surface area contributed by atoms with Gasteiger partial charge in [0.05, 0.1) is 17.4 Å². The summed E-state index contributed by atoms with van der Waals surface area (Å²) in [5, 5.41) is 3.00. The van der Waals surface area contributed by atoms with Crippen molar-refractivity contribution in [3.05, 3.63) is 24.0 Å². The summed E-state index contributed by atoms with van der Waals surface area (Å²) in [5.74, 6) is 5.86. The first-order valence-electron chi connectivity index (χ1n) is 6.28. The number of nitrogens with zero attached hydrogens (tertiary/aromatic N) is 1. The highest BCUT2D eigenvalue weighted by atomic mass is 16.1. The number of nitrogens with two attached hydrogens (primary N) is 1. The van der Waals surface area contributed by atoms with Crippen molar-refractivity contribution >= 4 is 11.6 Å². The predicted octanol–water partition coefficient (Wildman–Crippen LogP) is 1.53. The van der Waals surface area contributed by atoms with E-state index >= 15 is 0 Å². The van der Waals surface area contributed by atoms with Gasteiger partial charge in [0.25, 0.3) is 5.91 Å². The Morgan fingerprint density at radius 3 is 2.83 bits per heavy atom. The zero-order valence-corrected chi connectivity index (χ0v) is 10.9. The second kappa shape index (κ2) is 4.94. The molecule has 1 fully saturated rings. The van der Waals surface area contributed by atoms with Crippen LogP contribution in [0.25, 0.3) is 0 Å². The van der Waals surface area contributed by atoms with Gasteiger partial charge in [0.15, 0.2) is 0 Å². The molecule has 0 aliphatic heterocycles. The van der Waals surface area contributed by atoms with Gasteiger partial charge in [0, 0.05) is 12.7 Å². The van der Waals surface area contributed by atoms with Crippen molar-refractivity contribution < 1.29 is 4.79 Å². The molecule has 2 rings (SSSR count). The number of aromatic nitrogens is 1. The van der Waals surface area contributed by atoms with E-state index < -0.39 is 0 Å². The summed E-state index contributed by atoms with van der Waals surface area (Å²) in [7, 11) is 0. The van der Waals surface area contributed by atoms with Crippen LogP contribution in [0.1, 0.15) is 37.0 Å². The molecule has 0 aromatic carbocycles. The van der Waals surface area contributed by atoms with Crippen molar-refractivity contribution in [3.8, 4) is 0 Å². The van der Waals surface area contributed by atoms with E-state index in [4.69, 9.17) is 5.84 Å². The number of nitrogen functional groups attached to an aromatic ring is 1. The van der Waals surface area contributed by atoms with E-state index in [2.05, 4.69) is 29.6 Å². The zero-order chi connectivity index (χ0) is 13.2. The number of pyridine rings is 1. The van der Waals surface area contributed by atoms with Crippen LogP contribution >= 0.6 is 0 Å². The van der Waals surface area contributed by atoms with E-state index in [-0.39, 0.29) is 5.91 Å². The molecular formula is C13H20N4O. The average molecular weight is 248 g/mol. The minimum Gasteiger partial charge on any atom is -0.351 e. The molecule has 1 amide bonds. The number of hydrogen-bond acceptors (Lipinski definition) is 4. The first-order valence-corrected chi connectivity index (χ1v) is 6.28. The molecule has 0 radical (unpaired) electrons. The zero-order valence-electron chi connectivity index (χ0n) is 10.9. The molecule has 0 saturated heterocycles. The fourth-order valence-electron chi connectivity index (χ4n) is 2.18. The number of hydrazine groups is 1. The first-order chi connectivity index (χ1) is 8.59. The highest BCUT2D eigenvalue weighted by Gasteiger charge is 2.45. The van der Waals surface area contributed by atoms with Gasteiger partial charge in [0.1, 0.15) is 0 Å². The van der Waals surface area contributed by atoms with E-state index in [9.17, 15) is 4.79 Å². The van der Waals surface area contributed by atoms with Crippen LogP contribution < -0.4 is 16.6 Å². The Labute approximate surface area is 107 Å². The maximum atomic E-state index is 12.1. The molecule has 1 aromatic heterocycles. The van der Waals surface area contributed by atoms with E-state index in [0.29, 0.717) is 22.6 Å². The molecule has 5 heteroatoms. The Bertz CT molecular complexity index is 440. The second-order valence-electron chi connectivity index (χ2n) is 5.27. The lowest BCUT2D eigenvalue weighted by Gasteiger charge is -2.20. The summed E-state index contributed by atoms with van der Waals surface area (Å²) < 4.78 is 0. The topological polar surface area (TPSA) is 80.0 Å². The number of rotatable bonds is 5. The summed E-state index contributed by atoms with van der Waals surface area (Å²) >= 11 is 0. The molecule has 1 aromatic rings. The minimum absolute atomic E-state index is 0.0997. The van der Waals surface area contributed by atoms with Gasteiger partial charge >= 0.3 is 0 Å². The third kappa shape index (κ3) is 2.46. The molecule has 0 unspecified atom stereocenters. The molecule has 5 nitrogen and oxygen atoms in total. The first kappa shape index (κ1) is 12.8. The van der Waals surface area contributed by atoms with Crippen LogP contribution in [-0.2, 0) is 0 Å². The molecule has 18 heavy (non-hydrogen) atoms. The number of anilines is 1. The second-order valence-corrected chi connectivity index (χ2v) is 5.27. The van der Waals surface area contributed by atoms with Gasteiger partial charge in [-0.25, -0.2) is 0 Å². The van der Waals surface area contributed by atoms with Gasteiger partial charge in [0.2, 0.25) is 0 Å². The largest absolute Gasteiger partial charge is 0.351 e. The predicted molar refractivity (Wildman–Crippen MR) is 70.9 cm³/mol. The number of hydrogen-bond donors (Lipinski definition) is 3. The Morgan fingerprint density at radius 1 is 1.56 bits per heavy atom. The van der Waals surface area contributed by atoms with E-state index in [1.165, 1.54) is 12.8 Å². The van der Waals surface area contributed by atoms with Crippen molar-refractivity contribution in [2.45, 2.75) is 26.7 Å². The molecule has 0 bridgehead atoms. The van der Waals surface area contributed by atoms with E-state index in [0.717, 1.165) is 6.54 Å². The average Bonchev–Trinajstić information content (AvgIpc) is 3.17. The van der Waals surface area contributed by atoms with Crippen molar-refractivity contribution in [2.75, 3.05) is 12.0 Å². The lowest BCUT2D eigenvalue weighted by atomic mass is 9.92. The molecule has 1 aliphatic carbocycles. The number of amides is 1. The normalized spacial score (nSPS) is 16.4. The maximum Gasteiger partial charge on any atom is 0.253 e. The molecule has 4 N–H and O–H groups in total. The maximum absolute atomic E-state index is 12.1. The Morgan fingerprint density at radius 2 is 2.28 bits per heavy atom. The van der Waals surface area contributed by atoms with E-state index in [1.54, 1.807) is 18.5 Å². The lowest BCUT2D eigenvalue weighted by Crippen LogP contribution is -2.33. The summed E-state index contributed by atoms with van der Waals surface area (Å²) in [4.78, 5) is 16.0. The lowest BCUT2D eigenvalue weighted by molar-refractivity contribution is 0.0940. The fraction of sp³-hybridized carbons (Fsp3) is 0.538. The Balaban J connectivity index is 2.00. The molecule has 98 valence electrons. The van der Waals surface area contributed by atoms with Gasteiger partial charge < -0.3 is 10.7 Å². The van der Waals surface area contributed by atoms with Gasteiger partial charge in [-0.3, -0.25) is 15.6 Å². The van der Waals surface area contributed by atoms with Crippen LogP contribution in [0, 0.1) is 11.3 Å². The van der Waals surface area contributed by atoms with Crippen molar-refractivity contribution in [1.82, 2.24) is 10.3 Å². The number of carbonyl (C=O) groups is 1. The molecule has 0 spiro atoms. The minimum atomic E-state index is -0.0997.